The second kappa shape index (κ2) is 5.70. The lowest BCUT2D eigenvalue weighted by Gasteiger charge is -2.17. The van der Waals surface area contributed by atoms with E-state index < -0.39 is 4.92 Å². The van der Waals surface area contributed by atoms with Crippen molar-refractivity contribution in [3.8, 4) is 0 Å². The molecule has 2 heterocycles. The highest BCUT2D eigenvalue weighted by molar-refractivity contribution is 9.10. The van der Waals surface area contributed by atoms with Gasteiger partial charge < -0.3 is 4.90 Å². The van der Waals surface area contributed by atoms with Crippen LogP contribution in [0, 0.1) is 10.1 Å². The molecule has 0 aliphatic carbocycles. The molecule has 19 heavy (non-hydrogen) atoms. The first-order valence-electron chi connectivity index (χ1n) is 5.34. The van der Waals surface area contributed by atoms with E-state index in [1.54, 1.807) is 30.5 Å². The molecule has 0 aliphatic rings. The van der Waals surface area contributed by atoms with Gasteiger partial charge in [0, 0.05) is 36.2 Å². The van der Waals surface area contributed by atoms with E-state index in [0.717, 1.165) is 0 Å². The first kappa shape index (κ1) is 13.3. The Balaban J connectivity index is 2.28. The quantitative estimate of drug-likeness (QED) is 0.633. The van der Waals surface area contributed by atoms with E-state index >= 15 is 0 Å². The summed E-state index contributed by atoms with van der Waals surface area (Å²) >= 11 is 3.17. The van der Waals surface area contributed by atoms with Gasteiger partial charge in [0.05, 0.1) is 23.4 Å². The van der Waals surface area contributed by atoms with Gasteiger partial charge in [-0.2, -0.15) is 0 Å². The van der Waals surface area contributed by atoms with Crippen molar-refractivity contribution >= 4 is 27.4 Å². The summed E-state index contributed by atoms with van der Waals surface area (Å²) in [6, 6.07) is 1.43. The number of rotatable bonds is 4. The van der Waals surface area contributed by atoms with Crippen LogP contribution in [0.4, 0.5) is 11.5 Å². The van der Waals surface area contributed by atoms with Crippen molar-refractivity contribution in [1.29, 1.82) is 0 Å². The number of pyridine rings is 1. The normalized spacial score (nSPS) is 10.2. The zero-order chi connectivity index (χ0) is 13.8. The fraction of sp³-hybridized carbons (Fsp3) is 0.182. The van der Waals surface area contributed by atoms with Gasteiger partial charge in [-0.1, -0.05) is 0 Å². The molecular weight excluding hydrogens is 314 g/mol. The maximum Gasteiger partial charge on any atom is 0.312 e. The van der Waals surface area contributed by atoms with Crippen molar-refractivity contribution in [1.82, 2.24) is 15.0 Å². The average Bonchev–Trinajstić information content (AvgIpc) is 2.39. The number of nitro groups is 1. The molecule has 2 aromatic heterocycles. The number of hydrogen-bond donors (Lipinski definition) is 0. The van der Waals surface area contributed by atoms with Gasteiger partial charge in [-0.15, -0.1) is 0 Å². The summed E-state index contributed by atoms with van der Waals surface area (Å²) in [7, 11) is 1.72. The number of hydrogen-bond acceptors (Lipinski definition) is 6. The Morgan fingerprint density at radius 2 is 2.16 bits per heavy atom. The number of nitrogens with zero attached hydrogens (tertiary/aromatic N) is 5. The second-order valence-electron chi connectivity index (χ2n) is 3.81. The Morgan fingerprint density at radius 3 is 2.79 bits per heavy atom. The van der Waals surface area contributed by atoms with E-state index in [1.807, 2.05) is 0 Å². The molecule has 0 fully saturated rings. The summed E-state index contributed by atoms with van der Waals surface area (Å²) in [5.74, 6) is 0.291. The van der Waals surface area contributed by atoms with Crippen LogP contribution in [0.25, 0.3) is 0 Å². The van der Waals surface area contributed by atoms with E-state index in [1.165, 1.54) is 12.3 Å². The summed E-state index contributed by atoms with van der Waals surface area (Å²) in [5.41, 5.74) is 0.657. The van der Waals surface area contributed by atoms with Gasteiger partial charge in [-0.25, -0.2) is 4.98 Å². The number of aromatic nitrogens is 3. The molecule has 0 aliphatic heterocycles. The molecule has 0 saturated heterocycles. The Hall–Kier alpha value is -2.09. The SMILES string of the molecule is CN(Cc1cnccn1)c1ncc(Br)cc1[N+](=O)[O-]. The topological polar surface area (TPSA) is 85.0 Å². The van der Waals surface area contributed by atoms with Crippen LogP contribution in [0.15, 0.2) is 35.3 Å². The minimum absolute atomic E-state index is 0.0548. The molecule has 0 aromatic carbocycles. The molecule has 0 bridgehead atoms. The van der Waals surface area contributed by atoms with Crippen molar-refractivity contribution in [2.45, 2.75) is 6.54 Å². The van der Waals surface area contributed by atoms with Gasteiger partial charge in [-0.3, -0.25) is 20.1 Å². The summed E-state index contributed by atoms with van der Waals surface area (Å²) < 4.78 is 0.566. The van der Waals surface area contributed by atoms with Crippen LogP contribution >= 0.6 is 15.9 Å². The van der Waals surface area contributed by atoms with Crippen LogP contribution in [0.1, 0.15) is 5.69 Å². The zero-order valence-corrected chi connectivity index (χ0v) is 11.6. The smallest absolute Gasteiger partial charge is 0.312 e. The summed E-state index contributed by atoms with van der Waals surface area (Å²) in [6.07, 6.45) is 6.28. The number of anilines is 1. The lowest BCUT2D eigenvalue weighted by molar-refractivity contribution is -0.384. The monoisotopic (exact) mass is 323 g/mol. The van der Waals surface area contributed by atoms with Gasteiger partial charge in [0.1, 0.15) is 0 Å². The molecular formula is C11H10BrN5O2. The third-order valence-corrected chi connectivity index (χ3v) is 2.82. The molecule has 0 N–H and O–H groups in total. The largest absolute Gasteiger partial charge is 0.348 e. The molecule has 2 aromatic rings. The summed E-state index contributed by atoms with van der Waals surface area (Å²) in [5, 5.41) is 11.0. The molecule has 0 saturated carbocycles. The van der Waals surface area contributed by atoms with E-state index in [-0.39, 0.29) is 5.69 Å². The molecule has 0 unspecified atom stereocenters. The van der Waals surface area contributed by atoms with Crippen molar-refractivity contribution < 1.29 is 4.92 Å². The second-order valence-corrected chi connectivity index (χ2v) is 4.72. The van der Waals surface area contributed by atoms with Crippen LogP contribution in [0.5, 0.6) is 0 Å². The van der Waals surface area contributed by atoms with E-state index in [2.05, 4.69) is 30.9 Å². The van der Waals surface area contributed by atoms with E-state index in [4.69, 9.17) is 0 Å². The molecule has 0 radical (unpaired) electrons. The lowest BCUT2D eigenvalue weighted by Crippen LogP contribution is -2.19. The van der Waals surface area contributed by atoms with Crippen LogP contribution in [0.2, 0.25) is 0 Å². The van der Waals surface area contributed by atoms with Gasteiger partial charge in [0.15, 0.2) is 0 Å². The minimum atomic E-state index is -0.458. The highest BCUT2D eigenvalue weighted by atomic mass is 79.9. The molecule has 98 valence electrons. The first-order chi connectivity index (χ1) is 9.08. The van der Waals surface area contributed by atoms with E-state index in [9.17, 15) is 10.1 Å². The maximum absolute atomic E-state index is 11.0. The minimum Gasteiger partial charge on any atom is -0.348 e. The average molecular weight is 324 g/mol. The van der Waals surface area contributed by atoms with Gasteiger partial charge in [0.25, 0.3) is 0 Å². The predicted octanol–water partition coefficient (Wildman–Crippen LogP) is 2.18. The van der Waals surface area contributed by atoms with E-state index in [0.29, 0.717) is 22.5 Å². The maximum atomic E-state index is 11.0. The molecule has 0 atom stereocenters. The predicted molar refractivity (Wildman–Crippen MR) is 72.7 cm³/mol. The fourth-order valence-corrected chi connectivity index (χ4v) is 1.90. The van der Waals surface area contributed by atoms with Crippen molar-refractivity contribution in [3.05, 3.63) is 51.1 Å². The van der Waals surface area contributed by atoms with Crippen LogP contribution in [-0.4, -0.2) is 26.9 Å². The van der Waals surface area contributed by atoms with Crippen LogP contribution in [-0.2, 0) is 6.54 Å². The van der Waals surface area contributed by atoms with Crippen LogP contribution < -0.4 is 4.90 Å². The molecule has 0 spiro atoms. The summed E-state index contributed by atoms with van der Waals surface area (Å²) in [6.45, 7) is 0.392. The Labute approximate surface area is 117 Å². The standard InChI is InChI=1S/C11H10BrN5O2/c1-16(7-9-6-13-2-3-14-9)11-10(17(18)19)4-8(12)5-15-11/h2-6H,7H2,1H3. The zero-order valence-electron chi connectivity index (χ0n) is 10.0. The lowest BCUT2D eigenvalue weighted by atomic mass is 10.3. The van der Waals surface area contributed by atoms with Crippen LogP contribution in [0.3, 0.4) is 0 Å². The third kappa shape index (κ3) is 3.22. The number of halogens is 1. The molecule has 8 heteroatoms. The van der Waals surface area contributed by atoms with Crippen molar-refractivity contribution in [2.24, 2.45) is 0 Å². The highest BCUT2D eigenvalue weighted by Gasteiger charge is 2.19. The van der Waals surface area contributed by atoms with Crippen molar-refractivity contribution in [3.63, 3.8) is 0 Å². The molecule has 0 amide bonds. The fourth-order valence-electron chi connectivity index (χ4n) is 1.58. The van der Waals surface area contributed by atoms with Crippen molar-refractivity contribution in [2.75, 3.05) is 11.9 Å². The van der Waals surface area contributed by atoms with Gasteiger partial charge >= 0.3 is 5.69 Å². The Bertz CT molecular complexity index is 593. The molecule has 7 nitrogen and oxygen atoms in total. The van der Waals surface area contributed by atoms with Gasteiger partial charge in [0.2, 0.25) is 5.82 Å². The van der Waals surface area contributed by atoms with Gasteiger partial charge in [-0.05, 0) is 15.9 Å². The Kier molecular flexibility index (Phi) is 4.00. The summed E-state index contributed by atoms with van der Waals surface area (Å²) in [4.78, 5) is 24.4. The third-order valence-electron chi connectivity index (χ3n) is 2.39. The highest BCUT2D eigenvalue weighted by Crippen LogP contribution is 2.28. The first-order valence-corrected chi connectivity index (χ1v) is 6.13. The Morgan fingerprint density at radius 1 is 1.37 bits per heavy atom. The molecule has 2 rings (SSSR count).